The Balaban J connectivity index is 2.07. The highest BCUT2D eigenvalue weighted by atomic mass is 35.5. The maximum absolute atomic E-state index is 6.58. The minimum atomic E-state index is 0.482. The van der Waals surface area contributed by atoms with E-state index in [1.807, 2.05) is 18.2 Å². The Morgan fingerprint density at radius 2 is 1.77 bits per heavy atom. The molecule has 134 valence electrons. The number of fused-ring (bicyclic) bond motifs is 2. The third-order valence-electron chi connectivity index (χ3n) is 4.39. The molecule has 0 N–H and O–H groups in total. The van der Waals surface area contributed by atoms with Gasteiger partial charge in [-0.15, -0.1) is 11.3 Å². The molecule has 0 atom stereocenters. The molecule has 2 nitrogen and oxygen atoms in total. The van der Waals surface area contributed by atoms with Crippen molar-refractivity contribution in [2.24, 2.45) is 5.92 Å². The fourth-order valence-corrected chi connectivity index (χ4v) is 5.62. The molecule has 3 aromatic heterocycles. The molecule has 3 heterocycles. The SMILES string of the molecule is CC(C)Cc1nc2c(-c3ccccc3Cl)c3cc(C(C)C)sc3nc2s1. The molecule has 0 bridgehead atoms. The molecular formula is C21H21ClN2S2. The first-order valence-electron chi connectivity index (χ1n) is 8.91. The van der Waals surface area contributed by atoms with E-state index in [1.54, 1.807) is 22.7 Å². The second-order valence-corrected chi connectivity index (χ2v) is 9.88. The number of thiazole rings is 1. The Labute approximate surface area is 166 Å². The molecule has 0 spiro atoms. The third kappa shape index (κ3) is 3.15. The van der Waals surface area contributed by atoms with Crippen LogP contribution in [0.3, 0.4) is 0 Å². The Bertz CT molecular complexity index is 1090. The highest BCUT2D eigenvalue weighted by Crippen LogP contribution is 2.43. The van der Waals surface area contributed by atoms with Crippen LogP contribution in [0.25, 0.3) is 31.7 Å². The Morgan fingerprint density at radius 3 is 2.46 bits per heavy atom. The summed E-state index contributed by atoms with van der Waals surface area (Å²) in [5.41, 5.74) is 3.16. The molecule has 0 saturated heterocycles. The van der Waals surface area contributed by atoms with Crippen LogP contribution in [0.1, 0.15) is 43.5 Å². The lowest BCUT2D eigenvalue weighted by Gasteiger charge is -2.07. The minimum absolute atomic E-state index is 0.482. The number of nitrogens with zero attached hydrogens (tertiary/aromatic N) is 2. The number of rotatable bonds is 4. The summed E-state index contributed by atoms with van der Waals surface area (Å²) in [4.78, 5) is 13.4. The number of thiophene rings is 1. The van der Waals surface area contributed by atoms with Crippen molar-refractivity contribution in [1.29, 1.82) is 0 Å². The minimum Gasteiger partial charge on any atom is -0.239 e. The van der Waals surface area contributed by atoms with Crippen LogP contribution < -0.4 is 0 Å². The zero-order valence-electron chi connectivity index (χ0n) is 15.3. The first-order valence-corrected chi connectivity index (χ1v) is 10.9. The Hall–Kier alpha value is -1.49. The van der Waals surface area contributed by atoms with E-state index in [0.29, 0.717) is 11.8 Å². The van der Waals surface area contributed by atoms with Gasteiger partial charge in [0.05, 0.1) is 5.01 Å². The number of benzene rings is 1. The van der Waals surface area contributed by atoms with E-state index in [1.165, 1.54) is 10.3 Å². The van der Waals surface area contributed by atoms with Gasteiger partial charge in [-0.25, -0.2) is 9.97 Å². The number of hydrogen-bond acceptors (Lipinski definition) is 4. The Kier molecular flexibility index (Phi) is 4.76. The molecule has 0 aliphatic rings. The van der Waals surface area contributed by atoms with Crippen molar-refractivity contribution in [3.05, 3.63) is 45.2 Å². The smallest absolute Gasteiger partial charge is 0.145 e. The zero-order valence-corrected chi connectivity index (χ0v) is 17.7. The van der Waals surface area contributed by atoms with Gasteiger partial charge in [-0.2, -0.15) is 0 Å². The van der Waals surface area contributed by atoms with Gasteiger partial charge in [0, 0.05) is 32.8 Å². The number of pyridine rings is 1. The highest BCUT2D eigenvalue weighted by Gasteiger charge is 2.20. The van der Waals surface area contributed by atoms with Crippen LogP contribution >= 0.6 is 34.3 Å². The molecule has 1 aromatic carbocycles. The summed E-state index contributed by atoms with van der Waals surface area (Å²) in [7, 11) is 0. The van der Waals surface area contributed by atoms with E-state index in [-0.39, 0.29) is 0 Å². The van der Waals surface area contributed by atoms with Gasteiger partial charge in [-0.1, -0.05) is 68.8 Å². The van der Waals surface area contributed by atoms with Crippen molar-refractivity contribution < 1.29 is 0 Å². The average Bonchev–Trinajstić information content (AvgIpc) is 3.16. The summed E-state index contributed by atoms with van der Waals surface area (Å²) < 4.78 is 0. The lowest BCUT2D eigenvalue weighted by Crippen LogP contribution is -1.92. The van der Waals surface area contributed by atoms with Crippen LogP contribution in [-0.2, 0) is 6.42 Å². The van der Waals surface area contributed by atoms with Crippen LogP contribution in [0.4, 0.5) is 0 Å². The largest absolute Gasteiger partial charge is 0.239 e. The van der Waals surface area contributed by atoms with Gasteiger partial charge in [0.2, 0.25) is 0 Å². The predicted molar refractivity (Wildman–Crippen MR) is 116 cm³/mol. The van der Waals surface area contributed by atoms with E-state index in [4.69, 9.17) is 21.6 Å². The highest BCUT2D eigenvalue weighted by molar-refractivity contribution is 7.20. The summed E-state index contributed by atoms with van der Waals surface area (Å²) >= 11 is 10.1. The number of aromatic nitrogens is 2. The van der Waals surface area contributed by atoms with Gasteiger partial charge in [0.25, 0.3) is 0 Å². The van der Waals surface area contributed by atoms with E-state index in [9.17, 15) is 0 Å². The monoisotopic (exact) mass is 400 g/mol. The molecular weight excluding hydrogens is 380 g/mol. The third-order valence-corrected chi connectivity index (χ3v) is 7.02. The molecule has 5 heteroatoms. The molecule has 26 heavy (non-hydrogen) atoms. The lowest BCUT2D eigenvalue weighted by atomic mass is 10.0. The van der Waals surface area contributed by atoms with Gasteiger partial charge in [-0.3, -0.25) is 0 Å². The normalized spacial score (nSPS) is 12.1. The maximum Gasteiger partial charge on any atom is 0.145 e. The summed E-state index contributed by atoms with van der Waals surface area (Å²) in [6, 6.07) is 10.3. The van der Waals surface area contributed by atoms with Crippen LogP contribution in [-0.4, -0.2) is 9.97 Å². The van der Waals surface area contributed by atoms with Gasteiger partial charge in [-0.05, 0) is 24.0 Å². The molecule has 4 aromatic rings. The van der Waals surface area contributed by atoms with Crippen molar-refractivity contribution in [3.8, 4) is 11.1 Å². The van der Waals surface area contributed by atoms with Crippen molar-refractivity contribution in [3.63, 3.8) is 0 Å². The first kappa shape index (κ1) is 17.9. The summed E-state index contributed by atoms with van der Waals surface area (Å²) in [6.45, 7) is 8.90. The van der Waals surface area contributed by atoms with Crippen molar-refractivity contribution in [2.45, 2.75) is 40.0 Å². The van der Waals surface area contributed by atoms with Crippen LogP contribution in [0.2, 0.25) is 5.02 Å². The van der Waals surface area contributed by atoms with Crippen molar-refractivity contribution >= 4 is 54.8 Å². The maximum atomic E-state index is 6.58. The second kappa shape index (κ2) is 6.91. The topological polar surface area (TPSA) is 25.8 Å². The van der Waals surface area contributed by atoms with E-state index in [2.05, 4.69) is 39.8 Å². The molecule has 0 amide bonds. The van der Waals surface area contributed by atoms with Crippen LogP contribution in [0.5, 0.6) is 0 Å². The Morgan fingerprint density at radius 1 is 1.00 bits per heavy atom. The number of hydrogen-bond donors (Lipinski definition) is 0. The van der Waals surface area contributed by atoms with Gasteiger partial charge < -0.3 is 0 Å². The zero-order chi connectivity index (χ0) is 18.4. The second-order valence-electron chi connectivity index (χ2n) is 7.35. The average molecular weight is 401 g/mol. The molecule has 0 unspecified atom stereocenters. The van der Waals surface area contributed by atoms with Gasteiger partial charge >= 0.3 is 0 Å². The van der Waals surface area contributed by atoms with Crippen molar-refractivity contribution in [1.82, 2.24) is 9.97 Å². The van der Waals surface area contributed by atoms with Gasteiger partial charge in [0.1, 0.15) is 15.2 Å². The van der Waals surface area contributed by atoms with E-state index < -0.39 is 0 Å². The fourth-order valence-electron chi connectivity index (χ4n) is 3.13. The fraction of sp³-hybridized carbons (Fsp3) is 0.333. The lowest BCUT2D eigenvalue weighted by molar-refractivity contribution is 0.645. The summed E-state index contributed by atoms with van der Waals surface area (Å²) in [6.07, 6.45) is 0.980. The van der Waals surface area contributed by atoms with Crippen LogP contribution in [0.15, 0.2) is 30.3 Å². The predicted octanol–water partition coefficient (Wildman–Crippen LogP) is 7.55. The molecule has 0 radical (unpaired) electrons. The molecule has 0 saturated carbocycles. The van der Waals surface area contributed by atoms with E-state index in [0.717, 1.165) is 42.8 Å². The first-order chi connectivity index (χ1) is 12.4. The molecule has 0 aliphatic heterocycles. The molecule has 4 rings (SSSR count). The van der Waals surface area contributed by atoms with Crippen molar-refractivity contribution in [2.75, 3.05) is 0 Å². The summed E-state index contributed by atoms with van der Waals surface area (Å²) in [5.74, 6) is 1.06. The number of halogens is 1. The standard InChI is InChI=1S/C21H21ClN2S2/c1-11(2)9-17-23-19-18(13-7-5-6-8-15(13)22)14-10-16(12(3)4)25-20(14)24-21(19)26-17/h5-8,10-12H,9H2,1-4H3. The van der Waals surface area contributed by atoms with Crippen LogP contribution in [0, 0.1) is 5.92 Å². The van der Waals surface area contributed by atoms with E-state index >= 15 is 0 Å². The molecule has 0 aliphatic carbocycles. The van der Waals surface area contributed by atoms with Gasteiger partial charge in [0.15, 0.2) is 0 Å². The quantitative estimate of drug-likeness (QED) is 0.353. The molecule has 0 fully saturated rings. The summed E-state index contributed by atoms with van der Waals surface area (Å²) in [5, 5.41) is 3.08.